The molecule has 0 saturated carbocycles. The third-order valence-corrected chi connectivity index (χ3v) is 6.74. The van der Waals surface area contributed by atoms with E-state index in [4.69, 9.17) is 0 Å². The average molecular weight is 434 g/mol. The Balaban J connectivity index is 1.94. The lowest BCUT2D eigenvalue weighted by Crippen LogP contribution is -2.49. The van der Waals surface area contributed by atoms with Crippen LogP contribution in [0.4, 0.5) is 11.4 Å². The van der Waals surface area contributed by atoms with Crippen LogP contribution in [-0.4, -0.2) is 39.2 Å². The number of hydrogen-bond acceptors (Lipinski definition) is 4. The first-order valence-corrected chi connectivity index (χ1v) is 12.1. The normalized spacial score (nSPS) is 14.7. The highest BCUT2D eigenvalue weighted by molar-refractivity contribution is 7.88. The largest absolute Gasteiger partial charge is 0.349 e. The van der Waals surface area contributed by atoms with Gasteiger partial charge in [0, 0.05) is 30.5 Å². The van der Waals surface area contributed by atoms with Crippen molar-refractivity contribution in [3.63, 3.8) is 0 Å². The molecule has 0 aromatic heterocycles. The minimum Gasteiger partial charge on any atom is -0.349 e. The maximum atomic E-state index is 12.6. The van der Waals surface area contributed by atoms with E-state index in [1.807, 2.05) is 48.5 Å². The van der Waals surface area contributed by atoms with Crippen molar-refractivity contribution in [1.82, 2.24) is 4.31 Å². The Bertz CT molecular complexity index is 1170. The summed E-state index contributed by atoms with van der Waals surface area (Å²) in [6, 6.07) is 28.4. The molecule has 31 heavy (non-hydrogen) atoms. The lowest BCUT2D eigenvalue weighted by Gasteiger charge is -2.43. The fraction of sp³-hybridized carbons (Fsp3) is 0.200. The van der Waals surface area contributed by atoms with Crippen LogP contribution in [0.5, 0.6) is 0 Å². The Morgan fingerprint density at radius 3 is 1.90 bits per heavy atom. The van der Waals surface area contributed by atoms with E-state index in [-0.39, 0.29) is 0 Å². The predicted molar refractivity (Wildman–Crippen MR) is 128 cm³/mol. The van der Waals surface area contributed by atoms with E-state index in [1.165, 1.54) is 10.6 Å². The molecule has 0 unspecified atom stereocenters. The fourth-order valence-corrected chi connectivity index (χ4v) is 4.35. The van der Waals surface area contributed by atoms with Gasteiger partial charge in [-0.1, -0.05) is 66.2 Å². The van der Waals surface area contributed by atoms with Crippen molar-refractivity contribution in [2.24, 2.45) is 0 Å². The summed E-state index contributed by atoms with van der Waals surface area (Å²) in [7, 11) is -1.83. The van der Waals surface area contributed by atoms with Gasteiger partial charge in [0.2, 0.25) is 10.0 Å². The lowest BCUT2D eigenvalue weighted by molar-refractivity contribution is 0.514. The average Bonchev–Trinajstić information content (AvgIpc) is 2.79. The second-order valence-corrected chi connectivity index (χ2v) is 9.85. The van der Waals surface area contributed by atoms with Gasteiger partial charge in [-0.05, 0) is 36.8 Å². The van der Waals surface area contributed by atoms with Crippen LogP contribution in [0.1, 0.15) is 11.1 Å². The summed E-state index contributed by atoms with van der Waals surface area (Å²) in [6.45, 7) is 3.19. The molecule has 3 aromatic rings. The van der Waals surface area contributed by atoms with Crippen molar-refractivity contribution in [2.45, 2.75) is 6.92 Å². The number of anilines is 2. The molecule has 1 heterocycles. The zero-order chi connectivity index (χ0) is 22.0. The SMILES string of the molecule is Cc1ccc(C2=C(N(C)S(C)(=O)=O)N(c3ccccc3)CN(c3ccccc3)C2)cc1. The molecule has 0 spiro atoms. The third kappa shape index (κ3) is 4.44. The summed E-state index contributed by atoms with van der Waals surface area (Å²) in [5.41, 5.74) is 5.18. The number of aryl methyl sites for hydroxylation is 1. The van der Waals surface area contributed by atoms with Gasteiger partial charge in [-0.2, -0.15) is 0 Å². The monoisotopic (exact) mass is 433 g/mol. The number of rotatable bonds is 5. The predicted octanol–water partition coefficient (Wildman–Crippen LogP) is 4.54. The summed E-state index contributed by atoms with van der Waals surface area (Å²) in [4.78, 5) is 4.34. The molecule has 3 aromatic carbocycles. The van der Waals surface area contributed by atoms with Crippen LogP contribution in [0, 0.1) is 6.92 Å². The van der Waals surface area contributed by atoms with Gasteiger partial charge in [-0.25, -0.2) is 8.42 Å². The van der Waals surface area contributed by atoms with Gasteiger partial charge in [0.1, 0.15) is 5.82 Å². The zero-order valence-electron chi connectivity index (χ0n) is 18.1. The quantitative estimate of drug-likeness (QED) is 0.593. The maximum absolute atomic E-state index is 12.6. The van der Waals surface area contributed by atoms with E-state index in [0.717, 1.165) is 28.1 Å². The molecule has 0 saturated heterocycles. The van der Waals surface area contributed by atoms with Crippen LogP contribution in [-0.2, 0) is 10.0 Å². The highest BCUT2D eigenvalue weighted by Gasteiger charge is 2.32. The summed E-state index contributed by atoms with van der Waals surface area (Å²) in [5, 5.41) is 0. The van der Waals surface area contributed by atoms with Crippen molar-refractivity contribution >= 4 is 27.0 Å². The van der Waals surface area contributed by atoms with Crippen LogP contribution in [0.3, 0.4) is 0 Å². The van der Waals surface area contributed by atoms with Gasteiger partial charge < -0.3 is 9.80 Å². The van der Waals surface area contributed by atoms with Crippen LogP contribution in [0.15, 0.2) is 90.8 Å². The molecule has 0 amide bonds. The first-order valence-electron chi connectivity index (χ1n) is 10.2. The van der Waals surface area contributed by atoms with E-state index in [1.54, 1.807) is 7.05 Å². The van der Waals surface area contributed by atoms with Crippen LogP contribution in [0.25, 0.3) is 5.57 Å². The summed E-state index contributed by atoms with van der Waals surface area (Å²) in [6.07, 6.45) is 1.25. The number of hydrogen-bond donors (Lipinski definition) is 0. The molecule has 1 aliphatic heterocycles. The number of para-hydroxylation sites is 2. The lowest BCUT2D eigenvalue weighted by atomic mass is 10.0. The first-order chi connectivity index (χ1) is 14.8. The number of sulfonamides is 1. The van der Waals surface area contributed by atoms with Gasteiger partial charge in [0.15, 0.2) is 0 Å². The molecule has 1 aliphatic rings. The molecule has 6 heteroatoms. The van der Waals surface area contributed by atoms with Gasteiger partial charge in [-0.15, -0.1) is 0 Å². The van der Waals surface area contributed by atoms with Crippen molar-refractivity contribution in [3.05, 3.63) is 102 Å². The molecule has 0 radical (unpaired) electrons. The molecule has 4 rings (SSSR count). The Morgan fingerprint density at radius 2 is 1.35 bits per heavy atom. The molecule has 0 fully saturated rings. The second kappa shape index (κ2) is 8.47. The molecule has 5 nitrogen and oxygen atoms in total. The Kier molecular flexibility index (Phi) is 5.74. The molecule has 0 atom stereocenters. The Labute approximate surface area is 184 Å². The van der Waals surface area contributed by atoms with Crippen molar-refractivity contribution in [1.29, 1.82) is 0 Å². The minimum absolute atomic E-state index is 0.540. The second-order valence-electron chi connectivity index (χ2n) is 7.84. The topological polar surface area (TPSA) is 43.9 Å². The molecule has 0 N–H and O–H groups in total. The van der Waals surface area contributed by atoms with Crippen LogP contribution < -0.4 is 9.80 Å². The van der Waals surface area contributed by atoms with E-state index >= 15 is 0 Å². The van der Waals surface area contributed by atoms with Crippen molar-refractivity contribution in [2.75, 3.05) is 36.3 Å². The molecular weight excluding hydrogens is 406 g/mol. The van der Waals surface area contributed by atoms with Gasteiger partial charge in [-0.3, -0.25) is 4.31 Å². The van der Waals surface area contributed by atoms with Crippen LogP contribution in [0.2, 0.25) is 0 Å². The fourth-order valence-electron chi connectivity index (χ4n) is 3.83. The van der Waals surface area contributed by atoms with Gasteiger partial charge in [0.25, 0.3) is 0 Å². The van der Waals surface area contributed by atoms with Gasteiger partial charge in [0.05, 0.1) is 12.9 Å². The summed E-state index contributed by atoms with van der Waals surface area (Å²) < 4.78 is 26.7. The van der Waals surface area contributed by atoms with Crippen molar-refractivity contribution < 1.29 is 8.42 Å². The standard InChI is InChI=1S/C25H27N3O2S/c1-20-14-16-21(17-15-20)24-18-27(22-10-6-4-7-11-22)19-28(23-12-8-5-9-13-23)25(24)26(2)31(3,29)30/h4-17H,18-19H2,1-3H3. The maximum Gasteiger partial charge on any atom is 0.233 e. The highest BCUT2D eigenvalue weighted by Crippen LogP contribution is 2.35. The van der Waals surface area contributed by atoms with Crippen molar-refractivity contribution in [3.8, 4) is 0 Å². The smallest absolute Gasteiger partial charge is 0.233 e. The number of benzene rings is 3. The van der Waals surface area contributed by atoms with Crippen LogP contribution >= 0.6 is 0 Å². The summed E-state index contributed by atoms with van der Waals surface area (Å²) >= 11 is 0. The zero-order valence-corrected chi connectivity index (χ0v) is 18.9. The summed E-state index contributed by atoms with van der Waals surface area (Å²) in [5.74, 6) is 0.685. The molecule has 160 valence electrons. The van der Waals surface area contributed by atoms with E-state index in [2.05, 4.69) is 53.1 Å². The molecule has 0 aliphatic carbocycles. The molecular formula is C25H27N3O2S. The third-order valence-electron chi connectivity index (χ3n) is 5.57. The Hall–Kier alpha value is -3.25. The first kappa shape index (κ1) is 21.0. The minimum atomic E-state index is -3.46. The van der Waals surface area contributed by atoms with E-state index in [9.17, 15) is 8.42 Å². The van der Waals surface area contributed by atoms with E-state index < -0.39 is 10.0 Å². The number of nitrogens with zero attached hydrogens (tertiary/aromatic N) is 3. The highest BCUT2D eigenvalue weighted by atomic mass is 32.2. The Morgan fingerprint density at radius 1 is 0.806 bits per heavy atom. The van der Waals surface area contributed by atoms with E-state index in [0.29, 0.717) is 19.0 Å². The molecule has 0 bridgehead atoms. The van der Waals surface area contributed by atoms with Gasteiger partial charge >= 0.3 is 0 Å².